The van der Waals surface area contributed by atoms with E-state index in [0.29, 0.717) is 0 Å². The summed E-state index contributed by atoms with van der Waals surface area (Å²) >= 11 is 0. The van der Waals surface area contributed by atoms with Gasteiger partial charge < -0.3 is 36.3 Å². The van der Waals surface area contributed by atoms with Gasteiger partial charge in [0.15, 0.2) is 0 Å². The second-order valence-electron chi connectivity index (χ2n) is 0.577. The average Bonchev–Trinajstić information content (AvgIpc) is 1.25. The van der Waals surface area contributed by atoms with Gasteiger partial charge in [-0.25, -0.2) is 0 Å². The van der Waals surface area contributed by atoms with Crippen LogP contribution in [0.1, 0.15) is 0 Å². The minimum atomic E-state index is -2.92. The molecular weight excluding hydrogens is 328 g/mol. The largest absolute Gasteiger partial charge is 2.00 e. The van der Waals surface area contributed by atoms with Gasteiger partial charge in [-0.1, -0.05) is 0 Å². The van der Waals surface area contributed by atoms with Crippen LogP contribution in [0.15, 0.2) is 0 Å². The maximum Gasteiger partial charge on any atom is 2.00 e. The molecule has 0 aromatic carbocycles. The molecule has 0 saturated carbocycles. The predicted octanol–water partition coefficient (Wildman–Crippen LogP) is -7.74. The van der Waals surface area contributed by atoms with E-state index in [-0.39, 0.29) is 64.6 Å². The molecule has 0 bridgehead atoms. The molecule has 0 unspecified atom stereocenters. The van der Waals surface area contributed by atoms with Crippen LogP contribution < -0.4 is 36.3 Å². The third-order valence-electron chi connectivity index (χ3n) is 0. The van der Waals surface area contributed by atoms with Crippen molar-refractivity contribution >= 4 is 14.6 Å². The standard InChI is InChI=1S/2BO3.H3N.3Zn/c2*2-1(3)4;;;;/h;;1H3;;;/q2*-3;;3*+2. The summed E-state index contributed by atoms with van der Waals surface area (Å²) in [6.45, 7) is 0. The number of hydrogen-bond acceptors (Lipinski definition) is 7. The van der Waals surface area contributed by atoms with E-state index >= 15 is 0 Å². The van der Waals surface area contributed by atoms with Crippen LogP contribution in [0, 0.1) is 0 Å². The van der Waals surface area contributed by atoms with Gasteiger partial charge in [0.25, 0.3) is 0 Å². The third-order valence-corrected chi connectivity index (χ3v) is 0. The van der Waals surface area contributed by atoms with Crippen molar-refractivity contribution in [2.45, 2.75) is 0 Å². The summed E-state index contributed by atoms with van der Waals surface area (Å²) in [5, 5.41) is 50.5. The van der Waals surface area contributed by atoms with Gasteiger partial charge in [-0.2, -0.15) is 0 Å². The van der Waals surface area contributed by atoms with Crippen molar-refractivity contribution in [2.75, 3.05) is 0 Å². The van der Waals surface area contributed by atoms with Crippen LogP contribution >= 0.6 is 0 Å². The van der Waals surface area contributed by atoms with Crippen molar-refractivity contribution in [3.8, 4) is 0 Å². The Morgan fingerprint density at radius 3 is 0.500 bits per heavy atom. The Kier molecular flexibility index (Phi) is 91.0. The molecule has 0 fully saturated rings. The fourth-order valence-electron chi connectivity index (χ4n) is 0. The first-order valence-corrected chi connectivity index (χ1v) is 1.41. The molecule has 0 aromatic rings. The summed E-state index contributed by atoms with van der Waals surface area (Å²) in [5.74, 6) is 0. The summed E-state index contributed by atoms with van der Waals surface area (Å²) in [6.07, 6.45) is 0. The molecule has 56 valence electrons. The van der Waals surface area contributed by atoms with Gasteiger partial charge in [-0.3, -0.25) is 14.6 Å². The molecular formula is H3B2NO6Zn3. The van der Waals surface area contributed by atoms with E-state index in [1.54, 1.807) is 0 Å². The van der Waals surface area contributed by atoms with Gasteiger partial charge in [0.2, 0.25) is 0 Å². The fraction of sp³-hybridized carbons (Fsp3) is 0. The number of rotatable bonds is 0. The zero-order valence-electron chi connectivity index (χ0n) is 6.43. The Morgan fingerprint density at radius 1 is 0.500 bits per heavy atom. The molecule has 0 amide bonds. The monoisotopic (exact) mass is 327 g/mol. The maximum absolute atomic E-state index is 8.42. The summed E-state index contributed by atoms with van der Waals surface area (Å²) < 4.78 is 0. The molecule has 0 rings (SSSR count). The average molecular weight is 331 g/mol. The SMILES string of the molecule is N.[O-]B([O-])[O-].[O-]B([O-])[O-].[Zn+2].[Zn+2].[Zn+2]. The summed E-state index contributed by atoms with van der Waals surface area (Å²) in [7, 11) is -5.83. The van der Waals surface area contributed by atoms with Gasteiger partial charge in [-0.05, 0) is 0 Å². The van der Waals surface area contributed by atoms with E-state index in [1.807, 2.05) is 0 Å². The Balaban J connectivity index is -0.0000000112. The third kappa shape index (κ3) is 455. The van der Waals surface area contributed by atoms with Crippen molar-refractivity contribution in [1.29, 1.82) is 0 Å². The summed E-state index contributed by atoms with van der Waals surface area (Å²) in [4.78, 5) is 0. The number of hydrogen-bond donors (Lipinski definition) is 1. The maximum atomic E-state index is 8.42. The molecule has 0 radical (unpaired) electrons. The van der Waals surface area contributed by atoms with Gasteiger partial charge in [0, 0.05) is 0 Å². The van der Waals surface area contributed by atoms with Crippen LogP contribution in [-0.4, -0.2) is 14.6 Å². The molecule has 7 nitrogen and oxygen atoms in total. The van der Waals surface area contributed by atoms with Crippen LogP contribution in [0.3, 0.4) is 0 Å². The summed E-state index contributed by atoms with van der Waals surface area (Å²) in [5.41, 5.74) is 0. The van der Waals surface area contributed by atoms with E-state index in [4.69, 9.17) is 30.1 Å². The quantitative estimate of drug-likeness (QED) is 0.429. The van der Waals surface area contributed by atoms with Crippen molar-refractivity contribution < 1.29 is 88.6 Å². The molecule has 12 heavy (non-hydrogen) atoms. The Labute approximate surface area is 109 Å². The molecule has 0 saturated heterocycles. The first kappa shape index (κ1) is 37.2. The molecule has 0 aliphatic carbocycles. The van der Waals surface area contributed by atoms with Crippen LogP contribution in [0.2, 0.25) is 0 Å². The normalized spacial score (nSPS) is 4.50. The Bertz CT molecular complexity index is 36.3. The van der Waals surface area contributed by atoms with Crippen molar-refractivity contribution in [3.63, 3.8) is 0 Å². The Hall–Kier alpha value is 1.72. The first-order chi connectivity index (χ1) is 3.46. The van der Waals surface area contributed by atoms with Crippen molar-refractivity contribution in [3.05, 3.63) is 0 Å². The molecule has 0 spiro atoms. The molecule has 0 aliphatic rings. The van der Waals surface area contributed by atoms with E-state index in [0.717, 1.165) is 0 Å². The van der Waals surface area contributed by atoms with Gasteiger partial charge in [0.05, 0.1) is 0 Å². The second kappa shape index (κ2) is 29.3. The van der Waals surface area contributed by atoms with Crippen LogP contribution in [0.25, 0.3) is 0 Å². The second-order valence-corrected chi connectivity index (χ2v) is 0.577. The smallest absolute Gasteiger partial charge is 0.907 e. The minimum absolute atomic E-state index is 0. The van der Waals surface area contributed by atoms with Crippen molar-refractivity contribution in [1.82, 2.24) is 6.15 Å². The Morgan fingerprint density at radius 2 is 0.500 bits per heavy atom. The zero-order valence-corrected chi connectivity index (χ0v) is 15.3. The van der Waals surface area contributed by atoms with E-state index in [2.05, 4.69) is 0 Å². The van der Waals surface area contributed by atoms with Crippen LogP contribution in [0.5, 0.6) is 0 Å². The van der Waals surface area contributed by atoms with Gasteiger partial charge in [0.1, 0.15) is 0 Å². The van der Waals surface area contributed by atoms with E-state index in [1.165, 1.54) is 0 Å². The molecule has 3 N–H and O–H groups in total. The molecule has 0 atom stereocenters. The predicted molar refractivity (Wildman–Crippen MR) is 16.5 cm³/mol. The van der Waals surface area contributed by atoms with E-state index < -0.39 is 14.6 Å². The first-order valence-electron chi connectivity index (χ1n) is 1.41. The van der Waals surface area contributed by atoms with Gasteiger partial charge in [-0.15, -0.1) is 0 Å². The minimum Gasteiger partial charge on any atom is -0.907 e. The molecule has 12 heteroatoms. The molecule has 0 aromatic heterocycles. The van der Waals surface area contributed by atoms with Gasteiger partial charge >= 0.3 is 58.4 Å². The van der Waals surface area contributed by atoms with E-state index in [9.17, 15) is 0 Å². The fourth-order valence-corrected chi connectivity index (χ4v) is 0. The zero-order chi connectivity index (χ0) is 7.15. The summed E-state index contributed by atoms with van der Waals surface area (Å²) in [6, 6.07) is 0. The topological polar surface area (TPSA) is 173 Å². The van der Waals surface area contributed by atoms with Crippen LogP contribution in [-0.2, 0) is 58.4 Å². The van der Waals surface area contributed by atoms with Crippen molar-refractivity contribution in [2.24, 2.45) is 0 Å². The molecule has 0 aliphatic heterocycles. The molecule has 0 heterocycles. The van der Waals surface area contributed by atoms with Crippen LogP contribution in [0.4, 0.5) is 0 Å².